The molecule has 3 nitrogen and oxygen atoms in total. The minimum Gasteiger partial charge on any atom is -0.349 e. The number of carbonyl (C=O) groups is 1. The van der Waals surface area contributed by atoms with Crippen molar-refractivity contribution in [1.29, 1.82) is 0 Å². The Kier molecular flexibility index (Phi) is 6.28. The second-order valence-electron chi connectivity index (χ2n) is 6.95. The number of rotatable bonds is 5. The highest BCUT2D eigenvalue weighted by molar-refractivity contribution is 6.31. The van der Waals surface area contributed by atoms with Gasteiger partial charge in [-0.3, -0.25) is 9.69 Å². The quantitative estimate of drug-likeness (QED) is 0.831. The lowest BCUT2D eigenvalue weighted by Crippen LogP contribution is -2.43. The van der Waals surface area contributed by atoms with Crippen LogP contribution in [0.5, 0.6) is 0 Å². The summed E-state index contributed by atoms with van der Waals surface area (Å²) in [4.78, 5) is 15.0. The molecular weight excluding hydrogens is 351 g/mol. The Morgan fingerprint density at radius 3 is 2.73 bits per heavy atom. The summed E-state index contributed by atoms with van der Waals surface area (Å²) in [5, 5.41) is 3.83. The van der Waals surface area contributed by atoms with Gasteiger partial charge in [0.1, 0.15) is 5.82 Å². The molecule has 138 valence electrons. The number of likely N-dealkylation sites (tertiary alicyclic amines) is 1. The Balaban J connectivity index is 1.57. The van der Waals surface area contributed by atoms with Crippen LogP contribution in [0.3, 0.4) is 0 Å². The first kappa shape index (κ1) is 18.9. The van der Waals surface area contributed by atoms with Crippen molar-refractivity contribution in [1.82, 2.24) is 10.2 Å². The van der Waals surface area contributed by atoms with Gasteiger partial charge in [0.2, 0.25) is 5.91 Å². The molecule has 1 heterocycles. The van der Waals surface area contributed by atoms with Crippen molar-refractivity contribution in [3.63, 3.8) is 0 Å². The van der Waals surface area contributed by atoms with E-state index < -0.39 is 0 Å². The molecule has 26 heavy (non-hydrogen) atoms. The minimum absolute atomic E-state index is 0.0332. The van der Waals surface area contributed by atoms with Crippen molar-refractivity contribution in [2.75, 3.05) is 13.1 Å². The fourth-order valence-electron chi connectivity index (χ4n) is 3.45. The molecule has 0 unspecified atom stereocenters. The molecule has 1 aliphatic rings. The molecule has 0 radical (unpaired) electrons. The zero-order valence-corrected chi connectivity index (χ0v) is 15.7. The lowest BCUT2D eigenvalue weighted by molar-refractivity contribution is -0.127. The number of amides is 1. The molecular formula is C21H24ClFN2O. The van der Waals surface area contributed by atoms with Crippen LogP contribution >= 0.6 is 11.6 Å². The highest BCUT2D eigenvalue weighted by Gasteiger charge is 2.27. The van der Waals surface area contributed by atoms with Crippen molar-refractivity contribution in [2.24, 2.45) is 5.92 Å². The number of piperidine rings is 1. The summed E-state index contributed by atoms with van der Waals surface area (Å²) in [5.41, 5.74) is 2.00. The highest BCUT2D eigenvalue weighted by Crippen LogP contribution is 2.23. The van der Waals surface area contributed by atoms with E-state index in [2.05, 4.69) is 10.2 Å². The third-order valence-electron chi connectivity index (χ3n) is 4.96. The van der Waals surface area contributed by atoms with Crippen molar-refractivity contribution in [3.8, 4) is 0 Å². The molecule has 1 amide bonds. The number of nitrogens with zero attached hydrogens (tertiary/aromatic N) is 1. The van der Waals surface area contributed by atoms with Crippen molar-refractivity contribution in [3.05, 3.63) is 70.5 Å². The predicted octanol–water partition coefficient (Wildman–Crippen LogP) is 4.57. The van der Waals surface area contributed by atoms with Gasteiger partial charge in [-0.05, 0) is 55.6 Å². The SMILES string of the molecule is C[C@H](NC(=O)[C@@H]1CCCN(Cc2ccccc2Cl)C1)c1ccc(F)cc1. The van der Waals surface area contributed by atoms with Crippen LogP contribution in [-0.2, 0) is 11.3 Å². The van der Waals surface area contributed by atoms with E-state index >= 15 is 0 Å². The molecule has 1 N–H and O–H groups in total. The van der Waals surface area contributed by atoms with Crippen LogP contribution in [0.2, 0.25) is 5.02 Å². The van der Waals surface area contributed by atoms with Crippen LogP contribution in [0.25, 0.3) is 0 Å². The number of nitrogens with one attached hydrogen (secondary N) is 1. The summed E-state index contributed by atoms with van der Waals surface area (Å²) >= 11 is 6.26. The van der Waals surface area contributed by atoms with Gasteiger partial charge in [-0.1, -0.05) is 41.9 Å². The first-order chi connectivity index (χ1) is 12.5. The van der Waals surface area contributed by atoms with Crippen LogP contribution in [0.1, 0.15) is 36.9 Å². The molecule has 0 bridgehead atoms. The predicted molar refractivity (Wildman–Crippen MR) is 102 cm³/mol. The Hall–Kier alpha value is -1.91. The monoisotopic (exact) mass is 374 g/mol. The molecule has 0 aromatic heterocycles. The first-order valence-corrected chi connectivity index (χ1v) is 9.42. The van der Waals surface area contributed by atoms with Crippen LogP contribution in [-0.4, -0.2) is 23.9 Å². The topological polar surface area (TPSA) is 32.3 Å². The van der Waals surface area contributed by atoms with Gasteiger partial charge in [0, 0.05) is 18.1 Å². The molecule has 2 aromatic carbocycles. The van der Waals surface area contributed by atoms with Gasteiger partial charge >= 0.3 is 0 Å². The zero-order chi connectivity index (χ0) is 18.5. The second kappa shape index (κ2) is 8.65. The van der Waals surface area contributed by atoms with Gasteiger partial charge in [-0.15, -0.1) is 0 Å². The van der Waals surface area contributed by atoms with Crippen LogP contribution < -0.4 is 5.32 Å². The second-order valence-corrected chi connectivity index (χ2v) is 7.35. The van der Waals surface area contributed by atoms with Gasteiger partial charge in [0.15, 0.2) is 0 Å². The van der Waals surface area contributed by atoms with Crippen molar-refractivity contribution in [2.45, 2.75) is 32.4 Å². The molecule has 0 spiro atoms. The maximum Gasteiger partial charge on any atom is 0.224 e. The third kappa shape index (κ3) is 4.83. The molecule has 5 heteroatoms. The Labute approximate surface area is 159 Å². The summed E-state index contributed by atoms with van der Waals surface area (Å²) in [6.07, 6.45) is 1.88. The highest BCUT2D eigenvalue weighted by atomic mass is 35.5. The van der Waals surface area contributed by atoms with E-state index in [0.717, 1.165) is 48.6 Å². The third-order valence-corrected chi connectivity index (χ3v) is 5.33. The van der Waals surface area contributed by atoms with E-state index in [9.17, 15) is 9.18 Å². The minimum atomic E-state index is -0.269. The summed E-state index contributed by atoms with van der Waals surface area (Å²) in [6, 6.07) is 14.0. The Bertz CT molecular complexity index is 750. The number of hydrogen-bond acceptors (Lipinski definition) is 2. The maximum absolute atomic E-state index is 13.1. The number of benzene rings is 2. The molecule has 1 saturated heterocycles. The van der Waals surface area contributed by atoms with Crippen LogP contribution in [0, 0.1) is 11.7 Å². The largest absolute Gasteiger partial charge is 0.349 e. The van der Waals surface area contributed by atoms with Gasteiger partial charge in [0.05, 0.1) is 12.0 Å². The van der Waals surface area contributed by atoms with Crippen LogP contribution in [0.15, 0.2) is 48.5 Å². The molecule has 1 aliphatic heterocycles. The number of hydrogen-bond donors (Lipinski definition) is 1. The lowest BCUT2D eigenvalue weighted by Gasteiger charge is -2.32. The summed E-state index contributed by atoms with van der Waals surface area (Å²) in [6.45, 7) is 4.39. The average Bonchev–Trinajstić information content (AvgIpc) is 2.64. The van der Waals surface area contributed by atoms with Crippen molar-refractivity contribution >= 4 is 17.5 Å². The summed E-state index contributed by atoms with van der Waals surface area (Å²) in [5.74, 6) is -0.241. The van der Waals surface area contributed by atoms with Gasteiger partial charge in [-0.2, -0.15) is 0 Å². The molecule has 3 rings (SSSR count). The molecule has 2 atom stereocenters. The first-order valence-electron chi connectivity index (χ1n) is 9.04. The van der Waals surface area contributed by atoms with Gasteiger partial charge < -0.3 is 5.32 Å². The Morgan fingerprint density at radius 2 is 2.00 bits per heavy atom. The fraction of sp³-hybridized carbons (Fsp3) is 0.381. The molecule has 0 saturated carbocycles. The van der Waals surface area contributed by atoms with Crippen LogP contribution in [0.4, 0.5) is 4.39 Å². The summed E-state index contributed by atoms with van der Waals surface area (Å²) < 4.78 is 13.1. The Morgan fingerprint density at radius 1 is 1.27 bits per heavy atom. The average molecular weight is 375 g/mol. The maximum atomic E-state index is 13.1. The van der Waals surface area contributed by atoms with Gasteiger partial charge in [0.25, 0.3) is 0 Å². The van der Waals surface area contributed by atoms with E-state index in [0.29, 0.717) is 0 Å². The molecule has 0 aliphatic carbocycles. The van der Waals surface area contributed by atoms with E-state index in [1.807, 2.05) is 31.2 Å². The molecule has 2 aromatic rings. The van der Waals surface area contributed by atoms with Gasteiger partial charge in [-0.25, -0.2) is 4.39 Å². The van der Waals surface area contributed by atoms with E-state index in [4.69, 9.17) is 11.6 Å². The van der Waals surface area contributed by atoms with E-state index in [-0.39, 0.29) is 23.7 Å². The number of halogens is 2. The lowest BCUT2D eigenvalue weighted by atomic mass is 9.96. The molecule has 1 fully saturated rings. The normalized spacial score (nSPS) is 19.1. The smallest absolute Gasteiger partial charge is 0.224 e. The zero-order valence-electron chi connectivity index (χ0n) is 14.9. The number of carbonyl (C=O) groups excluding carboxylic acids is 1. The summed E-state index contributed by atoms with van der Waals surface area (Å²) in [7, 11) is 0. The van der Waals surface area contributed by atoms with Crippen molar-refractivity contribution < 1.29 is 9.18 Å². The van der Waals surface area contributed by atoms with E-state index in [1.54, 1.807) is 12.1 Å². The fourth-order valence-corrected chi connectivity index (χ4v) is 3.64. The van der Waals surface area contributed by atoms with E-state index in [1.165, 1.54) is 12.1 Å². The standard InChI is InChI=1S/C21H24ClFN2O/c1-15(16-8-10-19(23)11-9-16)24-21(26)18-6-4-12-25(14-18)13-17-5-2-3-7-20(17)22/h2-3,5,7-11,15,18H,4,6,12-14H2,1H3,(H,24,26)/t15-,18+/m0/s1.